The monoisotopic (exact) mass is 526 g/mol. The van der Waals surface area contributed by atoms with E-state index in [1.165, 1.54) is 36.9 Å². The first-order valence-corrected chi connectivity index (χ1v) is 12.9. The van der Waals surface area contributed by atoms with Gasteiger partial charge in [0.05, 0.1) is 42.1 Å². The Morgan fingerprint density at radius 2 is 1.85 bits per heavy atom. The molecule has 4 heterocycles. The highest BCUT2D eigenvalue weighted by Crippen LogP contribution is 2.37. The number of β-amino-alcohol motifs (C(OH)–C–C–N with tert-alkyl or cyclic N) is 1. The molecule has 10 nitrogen and oxygen atoms in total. The van der Waals surface area contributed by atoms with Crippen molar-refractivity contribution in [3.63, 3.8) is 0 Å². The number of hydrogen-bond donors (Lipinski definition) is 1. The van der Waals surface area contributed by atoms with Crippen LogP contribution in [0.2, 0.25) is 0 Å². The van der Waals surface area contributed by atoms with Crippen molar-refractivity contribution in [3.8, 4) is 34.5 Å². The van der Waals surface area contributed by atoms with Crippen molar-refractivity contribution >= 4 is 16.7 Å². The first-order valence-electron chi connectivity index (χ1n) is 12.9. The minimum absolute atomic E-state index is 0.319. The van der Waals surface area contributed by atoms with Gasteiger partial charge < -0.3 is 19.2 Å². The number of nitrogens with zero attached hydrogens (tertiary/aromatic N) is 6. The van der Waals surface area contributed by atoms with Gasteiger partial charge in [-0.3, -0.25) is 8.97 Å². The molecule has 1 aliphatic rings. The number of rotatable bonds is 5. The van der Waals surface area contributed by atoms with Crippen LogP contribution in [0.5, 0.6) is 6.01 Å². The molecule has 1 saturated heterocycles. The third kappa shape index (κ3) is 5.27. The van der Waals surface area contributed by atoms with Gasteiger partial charge in [0.25, 0.3) is 0 Å². The summed E-state index contributed by atoms with van der Waals surface area (Å²) in [5.41, 5.74) is 5.40. The zero-order valence-corrected chi connectivity index (χ0v) is 22.0. The van der Waals surface area contributed by atoms with Gasteiger partial charge in [0.15, 0.2) is 11.2 Å². The van der Waals surface area contributed by atoms with Gasteiger partial charge in [0.2, 0.25) is 0 Å². The minimum Gasteiger partial charge on any atom is -0.468 e. The second-order valence-corrected chi connectivity index (χ2v) is 9.37. The van der Waals surface area contributed by atoms with E-state index in [9.17, 15) is 4.79 Å². The average molecular weight is 527 g/mol. The summed E-state index contributed by atoms with van der Waals surface area (Å²) in [6, 6.07) is 15.2. The summed E-state index contributed by atoms with van der Waals surface area (Å²) < 4.78 is 14.1. The maximum atomic E-state index is 11.9. The SMILES string of the molecule is COc1nc(-c2ccc(C#N)cc2)c(-c2ccc3c(c2)oc(=O)n3C)c2nccn12.OCCN1CCCCC1. The number of oxazole rings is 1. The lowest BCUT2D eigenvalue weighted by Gasteiger charge is -2.25. The summed E-state index contributed by atoms with van der Waals surface area (Å²) in [6.45, 7) is 3.58. The normalized spacial score (nSPS) is 13.7. The van der Waals surface area contributed by atoms with E-state index < -0.39 is 5.76 Å². The number of nitriles is 1. The number of imidazole rings is 1. The fraction of sp³-hybridized carbons (Fsp3) is 0.310. The molecule has 0 saturated carbocycles. The molecule has 0 aliphatic carbocycles. The molecule has 10 heteroatoms. The summed E-state index contributed by atoms with van der Waals surface area (Å²) in [5.74, 6) is -0.423. The topological polar surface area (TPSA) is 122 Å². The van der Waals surface area contributed by atoms with Crippen molar-refractivity contribution in [1.82, 2.24) is 23.8 Å². The molecule has 200 valence electrons. The standard InChI is InChI=1S/C22H15N5O3.C7H15NO/c1-26-16-8-7-15(11-17(16)30-22(26)28)18-19(14-5-3-13(12-23)4-6-14)25-21(29-2)27-10-9-24-20(18)27;9-7-6-8-4-2-1-3-5-8/h3-11H,1-2H3;9H,1-7H2. The van der Waals surface area contributed by atoms with Gasteiger partial charge in [-0.05, 0) is 55.8 Å². The van der Waals surface area contributed by atoms with Crippen molar-refractivity contribution in [1.29, 1.82) is 5.26 Å². The van der Waals surface area contributed by atoms with Crippen molar-refractivity contribution in [2.24, 2.45) is 7.05 Å². The number of methoxy groups -OCH3 is 1. The Kier molecular flexibility index (Phi) is 7.72. The third-order valence-corrected chi connectivity index (χ3v) is 6.93. The van der Waals surface area contributed by atoms with Gasteiger partial charge in [-0.2, -0.15) is 10.2 Å². The summed E-state index contributed by atoms with van der Waals surface area (Å²) >= 11 is 0. The van der Waals surface area contributed by atoms with Gasteiger partial charge >= 0.3 is 11.8 Å². The lowest BCUT2D eigenvalue weighted by atomic mass is 9.99. The highest BCUT2D eigenvalue weighted by atomic mass is 16.5. The van der Waals surface area contributed by atoms with Crippen LogP contribution in [-0.2, 0) is 7.05 Å². The van der Waals surface area contributed by atoms with Gasteiger partial charge in [0.1, 0.15) is 0 Å². The van der Waals surface area contributed by atoms with Crippen LogP contribution in [0, 0.1) is 11.3 Å². The lowest BCUT2D eigenvalue weighted by molar-refractivity contribution is 0.173. The number of likely N-dealkylation sites (tertiary alicyclic amines) is 1. The Hall–Kier alpha value is -4.46. The number of aliphatic hydroxyl groups is 1. The molecule has 1 aliphatic heterocycles. The van der Waals surface area contributed by atoms with Gasteiger partial charge in [-0.1, -0.05) is 24.6 Å². The van der Waals surface area contributed by atoms with Crippen LogP contribution < -0.4 is 10.5 Å². The predicted molar refractivity (Wildman–Crippen MR) is 148 cm³/mol. The smallest absolute Gasteiger partial charge is 0.419 e. The van der Waals surface area contributed by atoms with E-state index >= 15 is 0 Å². The van der Waals surface area contributed by atoms with Gasteiger partial charge in [0, 0.05) is 31.5 Å². The molecule has 0 radical (unpaired) electrons. The molecule has 0 bridgehead atoms. The molecular formula is C29H30N6O4. The Balaban J connectivity index is 0.000000292. The van der Waals surface area contributed by atoms with E-state index in [0.29, 0.717) is 40.6 Å². The van der Waals surface area contributed by atoms with E-state index in [-0.39, 0.29) is 0 Å². The molecule has 5 aromatic rings. The summed E-state index contributed by atoms with van der Waals surface area (Å²) in [5, 5.41) is 17.7. The zero-order chi connectivity index (χ0) is 27.4. The Morgan fingerprint density at radius 1 is 1.10 bits per heavy atom. The van der Waals surface area contributed by atoms with Crippen molar-refractivity contribution in [2.75, 3.05) is 33.4 Å². The second kappa shape index (κ2) is 11.5. The fourth-order valence-corrected chi connectivity index (χ4v) is 4.89. The first-order chi connectivity index (χ1) is 19.0. The number of fused-ring (bicyclic) bond motifs is 2. The quantitative estimate of drug-likeness (QED) is 0.366. The van der Waals surface area contributed by atoms with E-state index in [1.807, 2.05) is 30.3 Å². The Bertz CT molecular complexity index is 1680. The number of benzene rings is 2. The van der Waals surface area contributed by atoms with Crippen LogP contribution in [0.25, 0.3) is 39.1 Å². The highest BCUT2D eigenvalue weighted by molar-refractivity contribution is 5.93. The number of piperidine rings is 1. The zero-order valence-electron chi connectivity index (χ0n) is 22.0. The Morgan fingerprint density at radius 3 is 2.54 bits per heavy atom. The first kappa shape index (κ1) is 26.2. The molecule has 1 N–H and O–H groups in total. The van der Waals surface area contributed by atoms with Crippen molar-refractivity contribution in [2.45, 2.75) is 19.3 Å². The molecule has 39 heavy (non-hydrogen) atoms. The Labute approximate surface area is 225 Å². The molecule has 6 rings (SSSR count). The largest absolute Gasteiger partial charge is 0.468 e. The van der Waals surface area contributed by atoms with Crippen LogP contribution in [0.15, 0.2) is 64.1 Å². The number of hydrogen-bond acceptors (Lipinski definition) is 8. The predicted octanol–water partition coefficient (Wildman–Crippen LogP) is 3.85. The van der Waals surface area contributed by atoms with E-state index in [1.54, 1.807) is 43.1 Å². The molecule has 0 unspecified atom stereocenters. The maximum absolute atomic E-state index is 11.9. The van der Waals surface area contributed by atoms with Crippen molar-refractivity contribution < 1.29 is 14.3 Å². The minimum atomic E-state index is -0.423. The number of aliphatic hydroxyl groups excluding tert-OH is 1. The lowest BCUT2D eigenvalue weighted by Crippen LogP contribution is -2.31. The van der Waals surface area contributed by atoms with E-state index in [4.69, 9.17) is 24.5 Å². The van der Waals surface area contributed by atoms with Crippen LogP contribution >= 0.6 is 0 Å². The summed E-state index contributed by atoms with van der Waals surface area (Å²) in [4.78, 5) is 23.5. The van der Waals surface area contributed by atoms with Gasteiger partial charge in [-0.25, -0.2) is 9.78 Å². The molecule has 0 atom stereocenters. The molecule has 0 amide bonds. The van der Waals surface area contributed by atoms with E-state index in [0.717, 1.165) is 23.2 Å². The van der Waals surface area contributed by atoms with Crippen LogP contribution in [0.4, 0.5) is 0 Å². The third-order valence-electron chi connectivity index (χ3n) is 6.93. The van der Waals surface area contributed by atoms with Crippen LogP contribution in [-0.4, -0.2) is 62.3 Å². The number of ether oxygens (including phenoxy) is 1. The molecule has 3 aromatic heterocycles. The van der Waals surface area contributed by atoms with Gasteiger partial charge in [-0.15, -0.1) is 0 Å². The number of aryl methyl sites for hydroxylation is 1. The molecule has 1 fully saturated rings. The average Bonchev–Trinajstić information content (AvgIpc) is 3.57. The summed E-state index contributed by atoms with van der Waals surface area (Å²) in [7, 11) is 3.21. The molecular weight excluding hydrogens is 496 g/mol. The maximum Gasteiger partial charge on any atom is 0.419 e. The van der Waals surface area contributed by atoms with E-state index in [2.05, 4.69) is 16.0 Å². The summed E-state index contributed by atoms with van der Waals surface area (Å²) in [6.07, 6.45) is 7.46. The second-order valence-electron chi connectivity index (χ2n) is 9.37. The molecule has 2 aromatic carbocycles. The van der Waals surface area contributed by atoms with Crippen LogP contribution in [0.3, 0.4) is 0 Å². The van der Waals surface area contributed by atoms with Crippen molar-refractivity contribution in [3.05, 3.63) is 71.0 Å². The number of aromatic nitrogens is 4. The fourth-order valence-electron chi connectivity index (χ4n) is 4.89. The van der Waals surface area contributed by atoms with Crippen LogP contribution in [0.1, 0.15) is 24.8 Å². The molecule has 0 spiro atoms. The highest BCUT2D eigenvalue weighted by Gasteiger charge is 2.20.